The molecule has 0 radical (unpaired) electrons. The molecule has 0 spiro atoms. The molecule has 1 nitrogen and oxygen atoms in total. The van der Waals surface area contributed by atoms with E-state index in [4.69, 9.17) is 11.6 Å². The fourth-order valence-corrected chi connectivity index (χ4v) is 1.23. The highest BCUT2D eigenvalue weighted by Crippen LogP contribution is 2.22. The maximum absolute atomic E-state index is 5.81. The molecule has 1 unspecified atom stereocenters. The molecule has 0 fully saturated rings. The fraction of sp³-hybridized carbons (Fsp3) is 0.571. The van der Waals surface area contributed by atoms with Crippen LogP contribution in [0.1, 0.15) is 13.8 Å². The third-order valence-corrected chi connectivity index (χ3v) is 1.74. The van der Waals surface area contributed by atoms with E-state index in [1.54, 1.807) is 6.21 Å². The molecule has 0 saturated carbocycles. The van der Waals surface area contributed by atoms with Gasteiger partial charge in [0.2, 0.25) is 0 Å². The summed E-state index contributed by atoms with van der Waals surface area (Å²) in [5.41, 5.74) is 0. The zero-order valence-electron chi connectivity index (χ0n) is 5.63. The van der Waals surface area contributed by atoms with Gasteiger partial charge in [0.1, 0.15) is 0 Å². The minimum absolute atomic E-state index is 0.228. The molecule has 0 aliphatic carbocycles. The maximum Gasteiger partial charge on any atom is 0.0877 e. The Labute approximate surface area is 60.4 Å². The van der Waals surface area contributed by atoms with Gasteiger partial charge < -0.3 is 0 Å². The summed E-state index contributed by atoms with van der Waals surface area (Å²) in [6.45, 7) is 4.23. The summed E-state index contributed by atoms with van der Waals surface area (Å²) in [4.78, 5) is 4.17. The van der Waals surface area contributed by atoms with Crippen molar-refractivity contribution >= 4 is 17.8 Å². The molecule has 1 heterocycles. The van der Waals surface area contributed by atoms with Crippen LogP contribution in [0, 0.1) is 5.92 Å². The minimum atomic E-state index is 0.228. The molecule has 0 aromatic carbocycles. The van der Waals surface area contributed by atoms with Crippen LogP contribution in [0.5, 0.6) is 0 Å². The van der Waals surface area contributed by atoms with E-state index in [1.807, 2.05) is 6.08 Å². The Kier molecular flexibility index (Phi) is 1.91. The number of nitrogens with zero attached hydrogens (tertiary/aromatic N) is 1. The number of hydrogen-bond donors (Lipinski definition) is 0. The van der Waals surface area contributed by atoms with Crippen molar-refractivity contribution in [2.45, 2.75) is 19.9 Å². The second-order valence-corrected chi connectivity index (χ2v) is 2.97. The van der Waals surface area contributed by atoms with Crippen LogP contribution in [0.2, 0.25) is 0 Å². The van der Waals surface area contributed by atoms with Gasteiger partial charge in [-0.2, -0.15) is 0 Å². The Bertz CT molecular complexity index is 158. The Morgan fingerprint density at radius 3 is 2.56 bits per heavy atom. The highest BCUT2D eigenvalue weighted by molar-refractivity contribution is 6.32. The van der Waals surface area contributed by atoms with Crippen molar-refractivity contribution in [2.75, 3.05) is 0 Å². The summed E-state index contributed by atoms with van der Waals surface area (Å²) >= 11 is 5.81. The van der Waals surface area contributed by atoms with Gasteiger partial charge in [0.05, 0.1) is 6.04 Å². The Hall–Kier alpha value is -0.300. The van der Waals surface area contributed by atoms with Crippen LogP contribution in [0.15, 0.2) is 16.1 Å². The van der Waals surface area contributed by atoms with Gasteiger partial charge in [-0.1, -0.05) is 25.4 Å². The predicted octanol–water partition coefficient (Wildman–Crippen LogP) is 2.22. The monoisotopic (exact) mass is 143 g/mol. The normalized spacial score (nSPS) is 25.3. The molecule has 9 heavy (non-hydrogen) atoms. The lowest BCUT2D eigenvalue weighted by molar-refractivity contribution is 0.573. The molecule has 50 valence electrons. The SMILES string of the molecule is CC(C)C1N=CC=C1Cl. The molecule has 0 amide bonds. The average molecular weight is 144 g/mol. The minimum Gasteiger partial charge on any atom is -0.284 e. The van der Waals surface area contributed by atoms with E-state index in [0.29, 0.717) is 5.92 Å². The molecule has 0 aromatic heterocycles. The van der Waals surface area contributed by atoms with Gasteiger partial charge in [0, 0.05) is 11.2 Å². The maximum atomic E-state index is 5.81. The highest BCUT2D eigenvalue weighted by Gasteiger charge is 2.16. The zero-order chi connectivity index (χ0) is 6.85. The van der Waals surface area contributed by atoms with Gasteiger partial charge in [0.15, 0.2) is 0 Å². The van der Waals surface area contributed by atoms with Crippen molar-refractivity contribution in [1.29, 1.82) is 0 Å². The van der Waals surface area contributed by atoms with Crippen LogP contribution in [-0.2, 0) is 0 Å². The van der Waals surface area contributed by atoms with Gasteiger partial charge in [-0.25, -0.2) is 0 Å². The Balaban J connectivity index is 2.63. The van der Waals surface area contributed by atoms with E-state index >= 15 is 0 Å². The first-order valence-electron chi connectivity index (χ1n) is 3.10. The van der Waals surface area contributed by atoms with E-state index in [1.165, 1.54) is 0 Å². The summed E-state index contributed by atoms with van der Waals surface area (Å²) in [6.07, 6.45) is 3.62. The number of halogens is 1. The van der Waals surface area contributed by atoms with Crippen LogP contribution in [0.4, 0.5) is 0 Å². The van der Waals surface area contributed by atoms with Gasteiger partial charge in [-0.3, -0.25) is 4.99 Å². The standard InChI is InChI=1S/C7H10ClN/c1-5(2)7-6(8)3-4-9-7/h3-5,7H,1-2H3. The van der Waals surface area contributed by atoms with E-state index in [2.05, 4.69) is 18.8 Å². The molecule has 0 bridgehead atoms. The third-order valence-electron chi connectivity index (χ3n) is 1.39. The van der Waals surface area contributed by atoms with Gasteiger partial charge in [0.25, 0.3) is 0 Å². The fourth-order valence-electron chi connectivity index (χ4n) is 0.867. The van der Waals surface area contributed by atoms with Crippen LogP contribution in [-0.4, -0.2) is 12.3 Å². The summed E-state index contributed by atoms with van der Waals surface area (Å²) < 4.78 is 0. The average Bonchev–Trinajstić information content (AvgIpc) is 2.13. The number of rotatable bonds is 1. The van der Waals surface area contributed by atoms with Crippen LogP contribution < -0.4 is 0 Å². The van der Waals surface area contributed by atoms with Crippen molar-refractivity contribution in [3.05, 3.63) is 11.1 Å². The van der Waals surface area contributed by atoms with Crippen LogP contribution in [0.3, 0.4) is 0 Å². The lowest BCUT2D eigenvalue weighted by atomic mass is 10.1. The molecule has 2 heteroatoms. The summed E-state index contributed by atoms with van der Waals surface area (Å²) in [6, 6.07) is 0.228. The quantitative estimate of drug-likeness (QED) is 0.534. The number of aliphatic imine (C=N–C) groups is 1. The van der Waals surface area contributed by atoms with E-state index in [-0.39, 0.29) is 6.04 Å². The van der Waals surface area contributed by atoms with Gasteiger partial charge in [-0.15, -0.1) is 0 Å². The van der Waals surface area contributed by atoms with Crippen LogP contribution >= 0.6 is 11.6 Å². The highest BCUT2D eigenvalue weighted by atomic mass is 35.5. The zero-order valence-corrected chi connectivity index (χ0v) is 6.39. The Morgan fingerprint density at radius 1 is 1.67 bits per heavy atom. The van der Waals surface area contributed by atoms with Crippen LogP contribution in [0.25, 0.3) is 0 Å². The number of allylic oxidation sites excluding steroid dienone is 1. The topological polar surface area (TPSA) is 12.4 Å². The summed E-state index contributed by atoms with van der Waals surface area (Å²) in [7, 11) is 0. The number of hydrogen-bond acceptors (Lipinski definition) is 1. The lowest BCUT2D eigenvalue weighted by Gasteiger charge is -2.10. The van der Waals surface area contributed by atoms with E-state index in [0.717, 1.165) is 5.03 Å². The second kappa shape index (κ2) is 2.53. The van der Waals surface area contributed by atoms with Crippen molar-refractivity contribution < 1.29 is 0 Å². The van der Waals surface area contributed by atoms with Gasteiger partial charge >= 0.3 is 0 Å². The largest absolute Gasteiger partial charge is 0.284 e. The van der Waals surface area contributed by atoms with Gasteiger partial charge in [-0.05, 0) is 12.0 Å². The first kappa shape index (κ1) is 6.81. The van der Waals surface area contributed by atoms with E-state index < -0.39 is 0 Å². The molecule has 1 aliphatic rings. The lowest BCUT2D eigenvalue weighted by Crippen LogP contribution is -2.09. The second-order valence-electron chi connectivity index (χ2n) is 2.54. The molecule has 0 saturated heterocycles. The first-order chi connectivity index (χ1) is 4.22. The van der Waals surface area contributed by atoms with Crippen molar-refractivity contribution in [3.8, 4) is 0 Å². The van der Waals surface area contributed by atoms with Crippen molar-refractivity contribution in [3.63, 3.8) is 0 Å². The van der Waals surface area contributed by atoms with E-state index in [9.17, 15) is 0 Å². The molecule has 1 rings (SSSR count). The molecule has 1 atom stereocenters. The summed E-state index contributed by atoms with van der Waals surface area (Å²) in [5.74, 6) is 0.521. The van der Waals surface area contributed by atoms with Crippen molar-refractivity contribution in [1.82, 2.24) is 0 Å². The molecular formula is C7H10ClN. The smallest absolute Gasteiger partial charge is 0.0877 e. The molecule has 0 N–H and O–H groups in total. The predicted molar refractivity (Wildman–Crippen MR) is 41.1 cm³/mol. The Morgan fingerprint density at radius 2 is 2.33 bits per heavy atom. The first-order valence-corrected chi connectivity index (χ1v) is 3.48. The third kappa shape index (κ3) is 1.33. The molecule has 0 aromatic rings. The molecular weight excluding hydrogens is 134 g/mol. The van der Waals surface area contributed by atoms with Crippen molar-refractivity contribution in [2.24, 2.45) is 10.9 Å². The summed E-state index contributed by atoms with van der Waals surface area (Å²) in [5, 5.41) is 0.866. The molecule has 1 aliphatic heterocycles.